The fraction of sp³-hybridized carbons (Fsp3) is 0.533. The molecule has 1 fully saturated rings. The van der Waals surface area contributed by atoms with Gasteiger partial charge in [-0.15, -0.1) is 0 Å². The Morgan fingerprint density at radius 3 is 2.71 bits per heavy atom. The Morgan fingerprint density at radius 1 is 1.43 bits per heavy atom. The normalized spacial score (nSPS) is 18.0. The first-order valence-electron chi connectivity index (χ1n) is 7.21. The number of urea groups is 1. The Morgan fingerprint density at radius 2 is 2.14 bits per heavy atom. The second-order valence-electron chi connectivity index (χ2n) is 5.66. The third-order valence-corrected chi connectivity index (χ3v) is 3.96. The van der Waals surface area contributed by atoms with Gasteiger partial charge in [0, 0.05) is 12.4 Å². The van der Waals surface area contributed by atoms with Crippen LogP contribution in [0.25, 0.3) is 0 Å². The minimum Gasteiger partial charge on any atom is -0.481 e. The average molecular weight is 291 g/mol. The summed E-state index contributed by atoms with van der Waals surface area (Å²) in [5.41, 5.74) is 0.302. The zero-order chi connectivity index (χ0) is 15.3. The van der Waals surface area contributed by atoms with Gasteiger partial charge >= 0.3 is 12.0 Å². The van der Waals surface area contributed by atoms with E-state index in [0.717, 1.165) is 18.4 Å². The lowest BCUT2D eigenvalue weighted by molar-refractivity contribution is -0.138. The van der Waals surface area contributed by atoms with Crippen molar-refractivity contribution in [2.75, 3.05) is 0 Å². The van der Waals surface area contributed by atoms with E-state index in [1.54, 1.807) is 12.4 Å². The molecule has 0 aromatic carbocycles. The third kappa shape index (κ3) is 4.18. The second-order valence-corrected chi connectivity index (χ2v) is 5.66. The Kier molecular flexibility index (Phi) is 4.77. The van der Waals surface area contributed by atoms with Gasteiger partial charge in [-0.05, 0) is 31.4 Å². The molecule has 0 spiro atoms. The van der Waals surface area contributed by atoms with Gasteiger partial charge in [-0.2, -0.15) is 0 Å². The molecule has 0 bridgehead atoms. The molecule has 0 aliphatic heterocycles. The largest absolute Gasteiger partial charge is 0.481 e. The number of nitrogens with zero attached hydrogens (tertiary/aromatic N) is 1. The van der Waals surface area contributed by atoms with Crippen molar-refractivity contribution in [2.24, 2.45) is 0 Å². The highest BCUT2D eigenvalue weighted by molar-refractivity contribution is 5.77. The van der Waals surface area contributed by atoms with Crippen molar-refractivity contribution >= 4 is 12.0 Å². The van der Waals surface area contributed by atoms with Crippen LogP contribution < -0.4 is 10.6 Å². The molecule has 114 valence electrons. The molecule has 1 aliphatic carbocycles. The van der Waals surface area contributed by atoms with Gasteiger partial charge in [-0.1, -0.05) is 18.9 Å². The number of carbonyl (C=O) groups is 2. The van der Waals surface area contributed by atoms with Gasteiger partial charge in [-0.3, -0.25) is 9.78 Å². The summed E-state index contributed by atoms with van der Waals surface area (Å²) in [6.45, 7) is 1.87. The molecule has 1 aromatic rings. The van der Waals surface area contributed by atoms with Crippen LogP contribution in [0.3, 0.4) is 0 Å². The van der Waals surface area contributed by atoms with Crippen molar-refractivity contribution < 1.29 is 14.7 Å². The Hall–Kier alpha value is -2.11. The van der Waals surface area contributed by atoms with Crippen molar-refractivity contribution in [1.29, 1.82) is 0 Å². The van der Waals surface area contributed by atoms with E-state index in [2.05, 4.69) is 15.6 Å². The summed E-state index contributed by atoms with van der Waals surface area (Å²) in [7, 11) is 0. The minimum atomic E-state index is -0.877. The molecule has 6 nitrogen and oxygen atoms in total. The van der Waals surface area contributed by atoms with Crippen molar-refractivity contribution in [2.45, 2.75) is 50.6 Å². The predicted molar refractivity (Wildman–Crippen MR) is 77.8 cm³/mol. The van der Waals surface area contributed by atoms with Gasteiger partial charge < -0.3 is 15.7 Å². The maximum atomic E-state index is 12.1. The topological polar surface area (TPSA) is 91.3 Å². The summed E-state index contributed by atoms with van der Waals surface area (Å²) >= 11 is 0. The molecule has 2 amide bonds. The molecule has 0 radical (unpaired) electrons. The van der Waals surface area contributed by atoms with Gasteiger partial charge in [0.25, 0.3) is 0 Å². The minimum absolute atomic E-state index is 0.0261. The SMILES string of the molecule is CC(NC(=O)NC1(CC(=O)O)CCCC1)c1cccnc1. The zero-order valence-electron chi connectivity index (χ0n) is 12.1. The van der Waals surface area contributed by atoms with Crippen molar-refractivity contribution in [1.82, 2.24) is 15.6 Å². The molecule has 1 atom stereocenters. The van der Waals surface area contributed by atoms with Crippen LogP contribution in [0.5, 0.6) is 0 Å². The van der Waals surface area contributed by atoms with E-state index in [-0.39, 0.29) is 18.5 Å². The van der Waals surface area contributed by atoms with Crippen LogP contribution in [0.2, 0.25) is 0 Å². The van der Waals surface area contributed by atoms with Gasteiger partial charge in [0.2, 0.25) is 0 Å². The standard InChI is InChI=1S/C15H21N3O3/c1-11(12-5-4-8-16-10-12)17-14(21)18-15(9-13(19)20)6-2-3-7-15/h4-5,8,10-11H,2-3,6-7,9H2,1H3,(H,19,20)(H2,17,18,21). The smallest absolute Gasteiger partial charge is 0.315 e. The number of pyridine rings is 1. The summed E-state index contributed by atoms with van der Waals surface area (Å²) in [4.78, 5) is 27.2. The van der Waals surface area contributed by atoms with Crippen molar-refractivity contribution in [3.05, 3.63) is 30.1 Å². The molecule has 1 saturated carbocycles. The highest BCUT2D eigenvalue weighted by atomic mass is 16.4. The number of aromatic nitrogens is 1. The molecular formula is C15H21N3O3. The maximum absolute atomic E-state index is 12.1. The van der Waals surface area contributed by atoms with Gasteiger partial charge in [-0.25, -0.2) is 4.79 Å². The van der Waals surface area contributed by atoms with Gasteiger partial charge in [0.05, 0.1) is 18.0 Å². The fourth-order valence-corrected chi connectivity index (χ4v) is 2.88. The van der Waals surface area contributed by atoms with E-state index < -0.39 is 11.5 Å². The van der Waals surface area contributed by atoms with E-state index in [0.29, 0.717) is 12.8 Å². The first-order chi connectivity index (χ1) is 10.0. The number of rotatable bonds is 5. The van der Waals surface area contributed by atoms with E-state index in [1.165, 1.54) is 0 Å². The number of hydrogen-bond donors (Lipinski definition) is 3. The number of carboxylic acids is 1. The first kappa shape index (κ1) is 15.3. The number of aliphatic carboxylic acids is 1. The lowest BCUT2D eigenvalue weighted by Gasteiger charge is -2.29. The Bertz CT molecular complexity index is 498. The van der Waals surface area contributed by atoms with Gasteiger partial charge in [0.1, 0.15) is 0 Å². The number of carboxylic acid groups (broad SMARTS) is 1. The third-order valence-electron chi connectivity index (χ3n) is 3.96. The molecule has 1 aliphatic rings. The maximum Gasteiger partial charge on any atom is 0.315 e. The highest BCUT2D eigenvalue weighted by Crippen LogP contribution is 2.32. The summed E-state index contributed by atoms with van der Waals surface area (Å²) in [5.74, 6) is -0.877. The van der Waals surface area contributed by atoms with Gasteiger partial charge in [0.15, 0.2) is 0 Å². The van der Waals surface area contributed by atoms with E-state index in [4.69, 9.17) is 5.11 Å². The molecule has 0 saturated heterocycles. The van der Waals surface area contributed by atoms with Crippen LogP contribution in [0.15, 0.2) is 24.5 Å². The molecule has 1 heterocycles. The van der Waals surface area contributed by atoms with Crippen molar-refractivity contribution in [3.8, 4) is 0 Å². The second kappa shape index (κ2) is 6.56. The Labute approximate surface area is 124 Å². The van der Waals surface area contributed by atoms with Crippen LogP contribution in [-0.4, -0.2) is 27.6 Å². The molecule has 6 heteroatoms. The van der Waals surface area contributed by atoms with E-state index >= 15 is 0 Å². The molecule has 1 aromatic heterocycles. The molecule has 21 heavy (non-hydrogen) atoms. The number of nitrogens with one attached hydrogen (secondary N) is 2. The molecule has 2 rings (SSSR count). The van der Waals surface area contributed by atoms with Crippen LogP contribution in [0.4, 0.5) is 4.79 Å². The quantitative estimate of drug-likeness (QED) is 0.775. The first-order valence-corrected chi connectivity index (χ1v) is 7.21. The highest BCUT2D eigenvalue weighted by Gasteiger charge is 2.37. The van der Waals surface area contributed by atoms with E-state index in [9.17, 15) is 9.59 Å². The summed E-state index contributed by atoms with van der Waals surface area (Å²) in [5, 5.41) is 14.7. The van der Waals surface area contributed by atoms with Crippen LogP contribution in [0, 0.1) is 0 Å². The molecule has 3 N–H and O–H groups in total. The summed E-state index contributed by atoms with van der Waals surface area (Å²) in [6, 6.07) is 3.20. The summed E-state index contributed by atoms with van der Waals surface area (Å²) in [6.07, 6.45) is 6.69. The van der Waals surface area contributed by atoms with Crippen LogP contribution in [0.1, 0.15) is 50.6 Å². The monoisotopic (exact) mass is 291 g/mol. The Balaban J connectivity index is 1.95. The summed E-state index contributed by atoms with van der Waals surface area (Å²) < 4.78 is 0. The van der Waals surface area contributed by atoms with Crippen LogP contribution >= 0.6 is 0 Å². The van der Waals surface area contributed by atoms with Crippen LogP contribution in [-0.2, 0) is 4.79 Å². The lowest BCUT2D eigenvalue weighted by Crippen LogP contribution is -2.52. The lowest BCUT2D eigenvalue weighted by atomic mass is 9.93. The fourth-order valence-electron chi connectivity index (χ4n) is 2.88. The average Bonchev–Trinajstić information content (AvgIpc) is 2.86. The molecular weight excluding hydrogens is 270 g/mol. The number of hydrogen-bond acceptors (Lipinski definition) is 3. The zero-order valence-corrected chi connectivity index (χ0v) is 12.1. The number of carbonyl (C=O) groups excluding carboxylic acids is 1. The predicted octanol–water partition coefficient (Wildman–Crippen LogP) is 2.23. The number of amides is 2. The van der Waals surface area contributed by atoms with E-state index in [1.807, 2.05) is 19.1 Å². The van der Waals surface area contributed by atoms with Crippen molar-refractivity contribution in [3.63, 3.8) is 0 Å². The molecule has 1 unspecified atom stereocenters.